The van der Waals surface area contributed by atoms with Crippen molar-refractivity contribution in [2.24, 2.45) is 4.99 Å². The van der Waals surface area contributed by atoms with Crippen LogP contribution in [0.3, 0.4) is 0 Å². The number of benzene rings is 2. The average molecular weight is 557 g/mol. The molecular weight excluding hydrogens is 521 g/mol. The van der Waals surface area contributed by atoms with Crippen molar-refractivity contribution in [2.75, 3.05) is 40.0 Å². The number of guanidine groups is 1. The molecule has 0 fully saturated rings. The molecule has 0 heterocycles. The Kier molecular flexibility index (Phi) is 13.7. The average Bonchev–Trinajstić information content (AvgIpc) is 2.79. The molecule has 0 aliphatic heterocycles. The number of hydrogen-bond acceptors (Lipinski definition) is 5. The van der Waals surface area contributed by atoms with Crippen LogP contribution in [0.5, 0.6) is 11.5 Å². The fourth-order valence-corrected chi connectivity index (χ4v) is 2.92. The molecule has 1 atom stereocenters. The van der Waals surface area contributed by atoms with E-state index in [-0.39, 0.29) is 24.0 Å². The molecule has 0 amide bonds. The summed E-state index contributed by atoms with van der Waals surface area (Å²) < 4.78 is 16.4. The molecule has 0 spiro atoms. The van der Waals surface area contributed by atoms with Crippen LogP contribution < -0.4 is 20.1 Å². The number of aliphatic hydroxyl groups is 1. The molecule has 0 saturated carbocycles. The molecule has 0 saturated heterocycles. The lowest BCUT2D eigenvalue weighted by molar-refractivity contribution is 0.110. The number of halogens is 1. The van der Waals surface area contributed by atoms with Crippen LogP contribution in [-0.4, -0.2) is 51.1 Å². The highest BCUT2D eigenvalue weighted by Crippen LogP contribution is 2.21. The highest BCUT2D eigenvalue weighted by molar-refractivity contribution is 14.0. The zero-order chi connectivity index (χ0) is 22.5. The minimum Gasteiger partial charge on any atom is -0.497 e. The van der Waals surface area contributed by atoms with Crippen molar-refractivity contribution in [3.05, 3.63) is 59.2 Å². The van der Waals surface area contributed by atoms with E-state index in [1.54, 1.807) is 7.11 Å². The topological polar surface area (TPSA) is 84.3 Å². The molecular formula is C24H36IN3O4. The summed E-state index contributed by atoms with van der Waals surface area (Å²) in [4.78, 5) is 4.66. The van der Waals surface area contributed by atoms with Crippen molar-refractivity contribution in [3.63, 3.8) is 0 Å². The third-order valence-electron chi connectivity index (χ3n) is 4.63. The first-order valence-electron chi connectivity index (χ1n) is 10.7. The first kappa shape index (κ1) is 28.0. The Hall–Kier alpha value is -2.04. The first-order chi connectivity index (χ1) is 15.1. The van der Waals surface area contributed by atoms with Crippen molar-refractivity contribution in [2.45, 2.75) is 33.4 Å². The van der Waals surface area contributed by atoms with Crippen LogP contribution in [0, 0.1) is 6.92 Å². The molecule has 0 aliphatic rings. The second kappa shape index (κ2) is 15.7. The van der Waals surface area contributed by atoms with E-state index in [4.69, 9.17) is 14.2 Å². The molecule has 3 N–H and O–H groups in total. The predicted octanol–water partition coefficient (Wildman–Crippen LogP) is 3.83. The smallest absolute Gasteiger partial charge is 0.191 e. The van der Waals surface area contributed by atoms with E-state index in [1.165, 1.54) is 0 Å². The molecule has 8 heteroatoms. The van der Waals surface area contributed by atoms with Crippen molar-refractivity contribution in [3.8, 4) is 11.5 Å². The van der Waals surface area contributed by atoms with Gasteiger partial charge >= 0.3 is 0 Å². The van der Waals surface area contributed by atoms with Gasteiger partial charge in [0.1, 0.15) is 18.1 Å². The number of hydrogen-bond donors (Lipinski definition) is 3. The Labute approximate surface area is 208 Å². The number of ether oxygens (including phenoxy) is 3. The fraction of sp³-hybridized carbons (Fsp3) is 0.458. The summed E-state index contributed by atoms with van der Waals surface area (Å²) in [5.41, 5.74) is 2.94. The van der Waals surface area contributed by atoms with Gasteiger partial charge in [0.2, 0.25) is 0 Å². The summed E-state index contributed by atoms with van der Waals surface area (Å²) in [6.07, 6.45) is -0.661. The summed E-state index contributed by atoms with van der Waals surface area (Å²) in [6.45, 7) is 9.25. The normalized spacial score (nSPS) is 12.0. The summed E-state index contributed by atoms with van der Waals surface area (Å²) in [5.74, 6) is 2.21. The number of rotatable bonds is 12. The van der Waals surface area contributed by atoms with Gasteiger partial charge in [0.15, 0.2) is 5.96 Å². The molecule has 0 radical (unpaired) electrons. The van der Waals surface area contributed by atoms with Gasteiger partial charge in [-0.2, -0.15) is 0 Å². The standard InChI is InChI=1S/C24H35N3O4.HI/c1-5-25-24(27-17-22(28)19-9-11-21(29-4)12-10-19)26-16-20-8-7-18(3)15-23(20)31-14-13-30-6-2;/h7-12,15,22,28H,5-6,13-14,16-17H2,1-4H3,(H2,25,26,27);1H. The molecule has 7 nitrogen and oxygen atoms in total. The number of aryl methyl sites for hydroxylation is 1. The molecule has 178 valence electrons. The third-order valence-corrected chi connectivity index (χ3v) is 4.63. The van der Waals surface area contributed by atoms with Crippen molar-refractivity contribution >= 4 is 29.9 Å². The van der Waals surface area contributed by atoms with Gasteiger partial charge in [-0.15, -0.1) is 24.0 Å². The Bertz CT molecular complexity index is 815. The third kappa shape index (κ3) is 9.62. The summed E-state index contributed by atoms with van der Waals surface area (Å²) in [5, 5.41) is 16.9. The van der Waals surface area contributed by atoms with E-state index in [2.05, 4.69) is 15.6 Å². The fourth-order valence-electron chi connectivity index (χ4n) is 2.92. The molecule has 0 bridgehead atoms. The van der Waals surface area contributed by atoms with E-state index < -0.39 is 6.10 Å². The largest absolute Gasteiger partial charge is 0.497 e. The minimum atomic E-state index is -0.661. The van der Waals surface area contributed by atoms with Crippen LogP contribution >= 0.6 is 24.0 Å². The van der Waals surface area contributed by atoms with Gasteiger partial charge < -0.3 is 30.0 Å². The monoisotopic (exact) mass is 557 g/mol. The summed E-state index contributed by atoms with van der Waals surface area (Å²) >= 11 is 0. The van der Waals surface area contributed by atoms with Crippen molar-refractivity contribution in [1.29, 1.82) is 0 Å². The van der Waals surface area contributed by atoms with Crippen LogP contribution in [0.2, 0.25) is 0 Å². The maximum absolute atomic E-state index is 10.5. The maximum atomic E-state index is 10.5. The van der Waals surface area contributed by atoms with Crippen LogP contribution in [-0.2, 0) is 11.3 Å². The molecule has 2 rings (SSSR count). The number of nitrogens with zero attached hydrogens (tertiary/aromatic N) is 1. The lowest BCUT2D eigenvalue weighted by atomic mass is 10.1. The van der Waals surface area contributed by atoms with Crippen molar-refractivity contribution < 1.29 is 19.3 Å². The first-order valence-corrected chi connectivity index (χ1v) is 10.7. The lowest BCUT2D eigenvalue weighted by Gasteiger charge is -2.16. The van der Waals surface area contributed by atoms with E-state index in [9.17, 15) is 5.11 Å². The Morgan fingerprint density at radius 2 is 1.81 bits per heavy atom. The number of aliphatic hydroxyl groups excluding tert-OH is 1. The quantitative estimate of drug-likeness (QED) is 0.159. The predicted molar refractivity (Wildman–Crippen MR) is 139 cm³/mol. The Morgan fingerprint density at radius 1 is 1.06 bits per heavy atom. The maximum Gasteiger partial charge on any atom is 0.191 e. The van der Waals surface area contributed by atoms with E-state index >= 15 is 0 Å². The lowest BCUT2D eigenvalue weighted by Crippen LogP contribution is -2.39. The van der Waals surface area contributed by atoms with Gasteiger partial charge in [0, 0.05) is 25.3 Å². The van der Waals surface area contributed by atoms with Gasteiger partial charge in [0.05, 0.1) is 26.4 Å². The van der Waals surface area contributed by atoms with Crippen LogP contribution in [0.25, 0.3) is 0 Å². The van der Waals surface area contributed by atoms with Gasteiger partial charge in [-0.05, 0) is 50.1 Å². The second-order valence-electron chi connectivity index (χ2n) is 7.02. The molecule has 0 aromatic heterocycles. The van der Waals surface area contributed by atoms with E-state index in [1.807, 2.05) is 63.2 Å². The zero-order valence-electron chi connectivity index (χ0n) is 19.4. The number of aliphatic imine (C=N–C) groups is 1. The number of methoxy groups -OCH3 is 1. The zero-order valence-corrected chi connectivity index (χ0v) is 21.7. The molecule has 0 aliphatic carbocycles. The van der Waals surface area contributed by atoms with Crippen molar-refractivity contribution in [1.82, 2.24) is 10.6 Å². The Morgan fingerprint density at radius 3 is 2.47 bits per heavy atom. The molecule has 1 unspecified atom stereocenters. The van der Waals surface area contributed by atoms with Gasteiger partial charge in [-0.3, -0.25) is 0 Å². The van der Waals surface area contributed by atoms with Crippen LogP contribution in [0.4, 0.5) is 0 Å². The highest BCUT2D eigenvalue weighted by atomic mass is 127. The summed E-state index contributed by atoms with van der Waals surface area (Å²) in [7, 11) is 1.62. The highest BCUT2D eigenvalue weighted by Gasteiger charge is 2.10. The SMILES string of the molecule is CCNC(=NCc1ccc(C)cc1OCCOCC)NCC(O)c1ccc(OC)cc1.I. The second-order valence-corrected chi connectivity index (χ2v) is 7.02. The summed E-state index contributed by atoms with van der Waals surface area (Å²) in [6, 6.07) is 13.5. The van der Waals surface area contributed by atoms with E-state index in [0.717, 1.165) is 34.7 Å². The minimum absolute atomic E-state index is 0. The van der Waals surface area contributed by atoms with Gasteiger partial charge in [-0.25, -0.2) is 4.99 Å². The molecule has 2 aromatic carbocycles. The molecule has 2 aromatic rings. The van der Waals surface area contributed by atoms with Crippen LogP contribution in [0.1, 0.15) is 36.6 Å². The van der Waals surface area contributed by atoms with E-state index in [0.29, 0.717) is 38.9 Å². The molecule has 32 heavy (non-hydrogen) atoms. The van der Waals surface area contributed by atoms with Gasteiger partial charge in [0.25, 0.3) is 0 Å². The van der Waals surface area contributed by atoms with Crippen LogP contribution in [0.15, 0.2) is 47.5 Å². The Balaban J connectivity index is 0.00000512. The van der Waals surface area contributed by atoms with Gasteiger partial charge in [-0.1, -0.05) is 24.3 Å². The number of nitrogens with one attached hydrogen (secondary N) is 2.